The minimum Gasteiger partial charge on any atom is -0.481 e. The Bertz CT molecular complexity index is 773. The zero-order valence-electron chi connectivity index (χ0n) is 15.4. The monoisotopic (exact) mass is 351 g/mol. The molecule has 4 rings (SSSR count). The van der Waals surface area contributed by atoms with E-state index in [9.17, 15) is 4.79 Å². The molecule has 2 bridgehead atoms. The topological polar surface area (TPSA) is 45.7 Å². The maximum atomic E-state index is 12.9. The van der Waals surface area contributed by atoms with Crippen molar-refractivity contribution in [2.75, 3.05) is 27.2 Å². The van der Waals surface area contributed by atoms with Gasteiger partial charge in [-0.1, -0.05) is 12.1 Å². The van der Waals surface area contributed by atoms with Gasteiger partial charge < -0.3 is 9.64 Å². The second kappa shape index (κ2) is 7.08. The summed E-state index contributed by atoms with van der Waals surface area (Å²) in [6.45, 7) is 1.70. The van der Waals surface area contributed by atoms with Gasteiger partial charge in [0.15, 0.2) is 0 Å². The normalized spacial score (nSPS) is 22.9. The van der Waals surface area contributed by atoms with E-state index in [1.807, 2.05) is 41.3 Å². The molecule has 136 valence electrons. The number of carbonyl (C=O) groups is 1. The van der Waals surface area contributed by atoms with Crippen molar-refractivity contribution in [3.05, 3.63) is 48.2 Å². The van der Waals surface area contributed by atoms with Crippen LogP contribution < -0.4 is 4.74 Å². The summed E-state index contributed by atoms with van der Waals surface area (Å²) in [6, 6.07) is 12.8. The highest BCUT2D eigenvalue weighted by atomic mass is 16.5. The largest absolute Gasteiger partial charge is 0.481 e. The van der Waals surface area contributed by atoms with E-state index in [4.69, 9.17) is 4.74 Å². The quantitative estimate of drug-likeness (QED) is 0.853. The molecule has 0 aliphatic carbocycles. The van der Waals surface area contributed by atoms with Crippen LogP contribution in [0.15, 0.2) is 42.6 Å². The number of likely N-dealkylation sites (tertiary alicyclic amines) is 1. The van der Waals surface area contributed by atoms with Crippen LogP contribution >= 0.6 is 0 Å². The second-order valence-electron chi connectivity index (χ2n) is 7.26. The van der Waals surface area contributed by atoms with Crippen LogP contribution in [0.4, 0.5) is 0 Å². The Balaban J connectivity index is 1.48. The molecule has 2 aliphatic heterocycles. The van der Waals surface area contributed by atoms with Crippen molar-refractivity contribution in [2.24, 2.45) is 0 Å². The first-order chi connectivity index (χ1) is 12.7. The molecule has 2 fully saturated rings. The maximum Gasteiger partial charge on any atom is 0.253 e. The zero-order valence-corrected chi connectivity index (χ0v) is 15.4. The number of ether oxygens (including phenoxy) is 1. The van der Waals surface area contributed by atoms with Crippen molar-refractivity contribution in [3.63, 3.8) is 0 Å². The summed E-state index contributed by atoms with van der Waals surface area (Å²) in [5.74, 6) is 0.742. The molecule has 2 aliphatic rings. The van der Waals surface area contributed by atoms with Crippen LogP contribution in [-0.4, -0.2) is 60.0 Å². The van der Waals surface area contributed by atoms with Gasteiger partial charge in [-0.05, 0) is 50.1 Å². The van der Waals surface area contributed by atoms with Gasteiger partial charge in [0.25, 0.3) is 5.91 Å². The third-order valence-corrected chi connectivity index (χ3v) is 5.85. The molecule has 26 heavy (non-hydrogen) atoms. The Kier molecular flexibility index (Phi) is 4.64. The van der Waals surface area contributed by atoms with Gasteiger partial charge in [-0.15, -0.1) is 0 Å². The molecule has 0 spiro atoms. The Morgan fingerprint density at radius 3 is 2.46 bits per heavy atom. The first kappa shape index (κ1) is 17.0. The molecule has 2 aromatic rings. The molecular formula is C21H25N3O2. The Labute approximate surface area is 154 Å². The first-order valence-electron chi connectivity index (χ1n) is 9.27. The molecule has 3 heterocycles. The van der Waals surface area contributed by atoms with Crippen LogP contribution in [-0.2, 0) is 0 Å². The standard InChI is InChI=1S/C21H25N3O2/c1-23-18-8-9-19(23)14-24(12-11-18)21(25)16-5-3-15(4-6-16)17-7-10-20(26-2)22-13-17/h3-7,10,13,18-19H,8-9,11-12,14H2,1-2H3/t18-,19+/m0/s1. The van der Waals surface area contributed by atoms with Crippen molar-refractivity contribution in [2.45, 2.75) is 31.3 Å². The molecule has 1 aromatic heterocycles. The van der Waals surface area contributed by atoms with E-state index in [0.717, 1.165) is 36.2 Å². The van der Waals surface area contributed by atoms with Crippen LogP contribution in [0.2, 0.25) is 0 Å². The van der Waals surface area contributed by atoms with Gasteiger partial charge in [0.05, 0.1) is 7.11 Å². The number of hydrogen-bond acceptors (Lipinski definition) is 4. The number of methoxy groups -OCH3 is 1. The molecule has 1 aromatic carbocycles. The van der Waals surface area contributed by atoms with Gasteiger partial charge >= 0.3 is 0 Å². The highest BCUT2D eigenvalue weighted by Gasteiger charge is 2.36. The second-order valence-corrected chi connectivity index (χ2v) is 7.26. The zero-order chi connectivity index (χ0) is 18.1. The number of pyridine rings is 1. The summed E-state index contributed by atoms with van der Waals surface area (Å²) in [4.78, 5) is 21.7. The minimum atomic E-state index is 0.144. The van der Waals surface area contributed by atoms with Gasteiger partial charge in [0.2, 0.25) is 5.88 Å². The van der Waals surface area contributed by atoms with E-state index in [2.05, 4.69) is 16.9 Å². The summed E-state index contributed by atoms with van der Waals surface area (Å²) in [5.41, 5.74) is 2.82. The average molecular weight is 351 g/mol. The van der Waals surface area contributed by atoms with Crippen LogP contribution in [0, 0.1) is 0 Å². The summed E-state index contributed by atoms with van der Waals surface area (Å²) in [7, 11) is 3.81. The van der Waals surface area contributed by atoms with E-state index in [0.29, 0.717) is 18.0 Å². The van der Waals surface area contributed by atoms with Crippen molar-refractivity contribution < 1.29 is 9.53 Å². The number of likely N-dealkylation sites (N-methyl/N-ethyl adjacent to an activating group) is 1. The summed E-state index contributed by atoms with van der Waals surface area (Å²) in [6.07, 6.45) is 5.34. The number of fused-ring (bicyclic) bond motifs is 2. The first-order valence-corrected chi connectivity index (χ1v) is 9.27. The fourth-order valence-corrected chi connectivity index (χ4v) is 4.15. The molecule has 2 saturated heterocycles. The minimum absolute atomic E-state index is 0.144. The van der Waals surface area contributed by atoms with E-state index in [1.54, 1.807) is 13.3 Å². The smallest absolute Gasteiger partial charge is 0.253 e. The number of aromatic nitrogens is 1. The van der Waals surface area contributed by atoms with Crippen molar-refractivity contribution in [1.29, 1.82) is 0 Å². The number of benzene rings is 1. The molecular weight excluding hydrogens is 326 g/mol. The predicted molar refractivity (Wildman–Crippen MR) is 101 cm³/mol. The lowest BCUT2D eigenvalue weighted by Gasteiger charge is -2.26. The van der Waals surface area contributed by atoms with Crippen molar-refractivity contribution >= 4 is 5.91 Å². The van der Waals surface area contributed by atoms with Gasteiger partial charge in [-0.2, -0.15) is 0 Å². The SMILES string of the molecule is COc1ccc(-c2ccc(C(=O)N3CC[C@@H]4CC[C@H](C3)N4C)cc2)cn1. The average Bonchev–Trinajstić information content (AvgIpc) is 2.93. The van der Waals surface area contributed by atoms with Gasteiger partial charge in [-0.3, -0.25) is 9.69 Å². The molecule has 0 saturated carbocycles. The van der Waals surface area contributed by atoms with Crippen LogP contribution in [0.3, 0.4) is 0 Å². The highest BCUT2D eigenvalue weighted by molar-refractivity contribution is 5.94. The molecule has 1 amide bonds. The van der Waals surface area contributed by atoms with Gasteiger partial charge in [0.1, 0.15) is 0 Å². The Morgan fingerprint density at radius 1 is 1.04 bits per heavy atom. The third kappa shape index (κ3) is 3.19. The number of nitrogens with zero attached hydrogens (tertiary/aromatic N) is 3. The van der Waals surface area contributed by atoms with Gasteiger partial charge in [-0.25, -0.2) is 4.98 Å². The summed E-state index contributed by atoms with van der Waals surface area (Å²) < 4.78 is 5.10. The van der Waals surface area contributed by atoms with E-state index in [1.165, 1.54) is 12.8 Å². The molecule has 5 nitrogen and oxygen atoms in total. The number of rotatable bonds is 3. The number of amides is 1. The van der Waals surface area contributed by atoms with E-state index in [-0.39, 0.29) is 5.91 Å². The van der Waals surface area contributed by atoms with Crippen LogP contribution in [0.5, 0.6) is 5.88 Å². The third-order valence-electron chi connectivity index (χ3n) is 5.85. The maximum absolute atomic E-state index is 12.9. The molecule has 2 atom stereocenters. The molecule has 5 heteroatoms. The predicted octanol–water partition coefficient (Wildman–Crippen LogP) is 3.07. The van der Waals surface area contributed by atoms with Gasteiger partial charge in [0, 0.05) is 48.6 Å². The molecule has 0 N–H and O–H groups in total. The lowest BCUT2D eigenvalue weighted by Crippen LogP contribution is -2.39. The number of carbonyl (C=O) groups excluding carboxylic acids is 1. The molecule has 0 radical (unpaired) electrons. The Hall–Kier alpha value is -2.40. The van der Waals surface area contributed by atoms with E-state index < -0.39 is 0 Å². The lowest BCUT2D eigenvalue weighted by molar-refractivity contribution is 0.0740. The fourth-order valence-electron chi connectivity index (χ4n) is 4.15. The fraction of sp³-hybridized carbons (Fsp3) is 0.429. The lowest BCUT2D eigenvalue weighted by atomic mass is 10.0. The van der Waals surface area contributed by atoms with Crippen LogP contribution in [0.1, 0.15) is 29.6 Å². The Morgan fingerprint density at radius 2 is 1.77 bits per heavy atom. The molecule has 0 unspecified atom stereocenters. The van der Waals surface area contributed by atoms with Crippen molar-refractivity contribution in [1.82, 2.24) is 14.8 Å². The highest BCUT2D eigenvalue weighted by Crippen LogP contribution is 2.29. The number of hydrogen-bond donors (Lipinski definition) is 0. The van der Waals surface area contributed by atoms with Crippen LogP contribution in [0.25, 0.3) is 11.1 Å². The van der Waals surface area contributed by atoms with Crippen molar-refractivity contribution in [3.8, 4) is 17.0 Å². The van der Waals surface area contributed by atoms with E-state index >= 15 is 0 Å². The summed E-state index contributed by atoms with van der Waals surface area (Å²) >= 11 is 0. The summed E-state index contributed by atoms with van der Waals surface area (Å²) in [5, 5.41) is 0.